The number of carbonyl (C=O) groups is 1. The van der Waals surface area contributed by atoms with Crippen LogP contribution in [0.3, 0.4) is 0 Å². The van der Waals surface area contributed by atoms with Crippen molar-refractivity contribution < 1.29 is 23.4 Å². The number of rotatable bonds is 5. The minimum atomic E-state index is -0.552. The zero-order valence-corrected chi connectivity index (χ0v) is 15.9. The summed E-state index contributed by atoms with van der Waals surface area (Å²) in [5.41, 5.74) is 0.821. The molecule has 0 bridgehead atoms. The van der Waals surface area contributed by atoms with Gasteiger partial charge < -0.3 is 18.6 Å². The van der Waals surface area contributed by atoms with Crippen molar-refractivity contribution >= 4 is 27.7 Å². The van der Waals surface area contributed by atoms with E-state index in [9.17, 15) is 9.59 Å². The van der Waals surface area contributed by atoms with Crippen molar-refractivity contribution in [3.05, 3.63) is 82.2 Å². The maximum absolute atomic E-state index is 12.6. The zero-order chi connectivity index (χ0) is 20.4. The first-order valence-electron chi connectivity index (χ1n) is 8.94. The Labute approximate surface area is 166 Å². The van der Waals surface area contributed by atoms with Gasteiger partial charge in [-0.1, -0.05) is 30.3 Å². The molecule has 0 fully saturated rings. The van der Waals surface area contributed by atoms with Crippen molar-refractivity contribution in [1.29, 1.82) is 0 Å². The highest BCUT2D eigenvalue weighted by Crippen LogP contribution is 2.28. The molecule has 3 aromatic carbocycles. The molecule has 0 amide bonds. The molecule has 0 aliphatic heterocycles. The molecule has 6 heteroatoms. The lowest BCUT2D eigenvalue weighted by Crippen LogP contribution is -2.08. The summed E-state index contributed by atoms with van der Waals surface area (Å²) in [6.45, 7) is -0.0749. The van der Waals surface area contributed by atoms with Gasteiger partial charge in [-0.2, -0.15) is 0 Å². The van der Waals surface area contributed by atoms with Gasteiger partial charge in [0.1, 0.15) is 23.7 Å². The molecular formula is C23H18O6. The summed E-state index contributed by atoms with van der Waals surface area (Å²) in [5.74, 6) is 0.407. The largest absolute Gasteiger partial charge is 0.497 e. The molecule has 146 valence electrons. The van der Waals surface area contributed by atoms with Crippen LogP contribution in [0.1, 0.15) is 15.9 Å². The van der Waals surface area contributed by atoms with E-state index < -0.39 is 11.6 Å². The van der Waals surface area contributed by atoms with E-state index in [0.717, 1.165) is 16.2 Å². The van der Waals surface area contributed by atoms with Gasteiger partial charge in [0.2, 0.25) is 0 Å². The summed E-state index contributed by atoms with van der Waals surface area (Å²) in [6.07, 6.45) is 0. The Morgan fingerprint density at radius 3 is 2.38 bits per heavy atom. The third-order valence-electron chi connectivity index (χ3n) is 4.66. The second kappa shape index (κ2) is 7.67. The number of carbonyl (C=O) groups excluding carboxylic acids is 1. The van der Waals surface area contributed by atoms with Gasteiger partial charge in [-0.3, -0.25) is 0 Å². The SMILES string of the molecule is COc1cc(OC)cc(C(=O)OCc2cc(=O)oc3ccc4ccccc4c23)c1. The highest BCUT2D eigenvalue weighted by Gasteiger charge is 2.15. The lowest BCUT2D eigenvalue weighted by molar-refractivity contribution is 0.0473. The van der Waals surface area contributed by atoms with Gasteiger partial charge >= 0.3 is 11.6 Å². The number of esters is 1. The van der Waals surface area contributed by atoms with Gasteiger partial charge in [0.15, 0.2) is 0 Å². The average Bonchev–Trinajstić information content (AvgIpc) is 2.76. The van der Waals surface area contributed by atoms with Crippen LogP contribution in [0.5, 0.6) is 11.5 Å². The summed E-state index contributed by atoms with van der Waals surface area (Å²) >= 11 is 0. The fourth-order valence-electron chi connectivity index (χ4n) is 3.29. The second-order valence-electron chi connectivity index (χ2n) is 6.43. The van der Waals surface area contributed by atoms with Crippen LogP contribution >= 0.6 is 0 Å². The smallest absolute Gasteiger partial charge is 0.338 e. The van der Waals surface area contributed by atoms with Crippen molar-refractivity contribution in [3.63, 3.8) is 0 Å². The van der Waals surface area contributed by atoms with Crippen molar-refractivity contribution in [2.75, 3.05) is 14.2 Å². The summed E-state index contributed by atoms with van der Waals surface area (Å²) in [6, 6.07) is 17.5. The Hall–Kier alpha value is -3.80. The summed E-state index contributed by atoms with van der Waals surface area (Å²) in [7, 11) is 3.01. The predicted octanol–water partition coefficient (Wildman–Crippen LogP) is 4.32. The standard InChI is InChI=1S/C23H18O6/c1-26-17-9-15(10-18(12-17)27-2)23(25)28-13-16-11-21(24)29-20-8-7-14-5-3-4-6-19(14)22(16)20/h3-12H,13H2,1-2H3. The molecule has 1 heterocycles. The lowest BCUT2D eigenvalue weighted by Gasteiger charge is -2.11. The van der Waals surface area contributed by atoms with E-state index in [-0.39, 0.29) is 6.61 Å². The highest BCUT2D eigenvalue weighted by atomic mass is 16.5. The first kappa shape index (κ1) is 18.6. The summed E-state index contributed by atoms with van der Waals surface area (Å²) in [4.78, 5) is 24.6. The van der Waals surface area contributed by atoms with Gasteiger partial charge in [0.05, 0.1) is 19.8 Å². The number of fused-ring (bicyclic) bond motifs is 3. The molecule has 0 aliphatic carbocycles. The Kier molecular flexibility index (Phi) is 4.91. The number of ether oxygens (including phenoxy) is 3. The second-order valence-corrected chi connectivity index (χ2v) is 6.43. The monoisotopic (exact) mass is 390 g/mol. The minimum Gasteiger partial charge on any atom is -0.497 e. The van der Waals surface area contributed by atoms with E-state index in [1.165, 1.54) is 20.3 Å². The molecule has 0 atom stereocenters. The molecule has 0 radical (unpaired) electrons. The third kappa shape index (κ3) is 3.65. The Morgan fingerprint density at radius 1 is 0.931 bits per heavy atom. The van der Waals surface area contributed by atoms with Crippen LogP contribution in [0, 0.1) is 0 Å². The van der Waals surface area contributed by atoms with Crippen LogP contribution in [0.25, 0.3) is 21.7 Å². The molecule has 0 unspecified atom stereocenters. The molecule has 0 spiro atoms. The molecule has 0 aliphatic rings. The van der Waals surface area contributed by atoms with Crippen LogP contribution in [-0.4, -0.2) is 20.2 Å². The Morgan fingerprint density at radius 2 is 1.66 bits per heavy atom. The van der Waals surface area contributed by atoms with Crippen molar-refractivity contribution in [2.45, 2.75) is 6.61 Å². The van der Waals surface area contributed by atoms with Crippen LogP contribution in [0.2, 0.25) is 0 Å². The molecule has 6 nitrogen and oxygen atoms in total. The molecule has 1 aromatic heterocycles. The normalized spacial score (nSPS) is 10.8. The van der Waals surface area contributed by atoms with E-state index in [2.05, 4.69) is 0 Å². The molecule has 0 saturated carbocycles. The van der Waals surface area contributed by atoms with E-state index in [1.807, 2.05) is 30.3 Å². The molecule has 0 N–H and O–H groups in total. The van der Waals surface area contributed by atoms with E-state index in [0.29, 0.717) is 28.2 Å². The number of hydrogen-bond donors (Lipinski definition) is 0. The van der Waals surface area contributed by atoms with E-state index in [4.69, 9.17) is 18.6 Å². The van der Waals surface area contributed by atoms with Gasteiger partial charge in [-0.15, -0.1) is 0 Å². The summed E-state index contributed by atoms with van der Waals surface area (Å²) in [5, 5.41) is 2.67. The molecule has 0 saturated heterocycles. The Balaban J connectivity index is 1.71. The first-order valence-corrected chi connectivity index (χ1v) is 8.94. The highest BCUT2D eigenvalue weighted by molar-refractivity contribution is 6.07. The number of methoxy groups -OCH3 is 2. The molecule has 29 heavy (non-hydrogen) atoms. The topological polar surface area (TPSA) is 75.0 Å². The van der Waals surface area contributed by atoms with Gasteiger partial charge in [0.25, 0.3) is 0 Å². The molecule has 4 aromatic rings. The van der Waals surface area contributed by atoms with Crippen LogP contribution in [-0.2, 0) is 11.3 Å². The lowest BCUT2D eigenvalue weighted by atomic mass is 10.0. The fourth-order valence-corrected chi connectivity index (χ4v) is 3.29. The first-order chi connectivity index (χ1) is 14.1. The van der Waals surface area contributed by atoms with E-state index in [1.54, 1.807) is 24.3 Å². The minimum absolute atomic E-state index is 0.0749. The van der Waals surface area contributed by atoms with E-state index >= 15 is 0 Å². The zero-order valence-electron chi connectivity index (χ0n) is 15.9. The van der Waals surface area contributed by atoms with Crippen LogP contribution in [0.4, 0.5) is 0 Å². The van der Waals surface area contributed by atoms with Gasteiger partial charge in [-0.05, 0) is 29.0 Å². The van der Waals surface area contributed by atoms with Crippen LogP contribution < -0.4 is 15.1 Å². The number of hydrogen-bond acceptors (Lipinski definition) is 6. The van der Waals surface area contributed by atoms with Crippen molar-refractivity contribution in [2.24, 2.45) is 0 Å². The average molecular weight is 390 g/mol. The maximum atomic E-state index is 12.6. The Bertz CT molecular complexity index is 1250. The predicted molar refractivity (Wildman–Crippen MR) is 109 cm³/mol. The quantitative estimate of drug-likeness (QED) is 0.287. The fraction of sp³-hybridized carbons (Fsp3) is 0.130. The van der Waals surface area contributed by atoms with Crippen LogP contribution in [0.15, 0.2) is 69.9 Å². The van der Waals surface area contributed by atoms with Gasteiger partial charge in [0, 0.05) is 23.1 Å². The maximum Gasteiger partial charge on any atom is 0.338 e. The molecular weight excluding hydrogens is 372 g/mol. The van der Waals surface area contributed by atoms with Gasteiger partial charge in [-0.25, -0.2) is 9.59 Å². The van der Waals surface area contributed by atoms with Crippen molar-refractivity contribution in [3.8, 4) is 11.5 Å². The summed E-state index contributed by atoms with van der Waals surface area (Å²) < 4.78 is 21.2. The third-order valence-corrected chi connectivity index (χ3v) is 4.66. The number of benzene rings is 3. The molecule has 4 rings (SSSR count). The van der Waals surface area contributed by atoms with Crippen molar-refractivity contribution in [1.82, 2.24) is 0 Å².